The van der Waals surface area contributed by atoms with Gasteiger partial charge in [-0.15, -0.1) is 0 Å². The minimum Gasteiger partial charge on any atom is -0.370 e. The molecule has 2 rings (SSSR count). The van der Waals surface area contributed by atoms with Gasteiger partial charge in [0.15, 0.2) is 0 Å². The van der Waals surface area contributed by atoms with Gasteiger partial charge in [-0.1, -0.05) is 19.8 Å². The molecule has 18 heavy (non-hydrogen) atoms. The maximum absolute atomic E-state index is 10.6. The van der Waals surface area contributed by atoms with Gasteiger partial charge in [0.25, 0.3) is 5.69 Å². The molecule has 1 heterocycles. The Morgan fingerprint density at radius 2 is 2.33 bits per heavy atom. The third-order valence-corrected chi connectivity index (χ3v) is 3.85. The van der Waals surface area contributed by atoms with Gasteiger partial charge in [0, 0.05) is 12.6 Å². The molecule has 0 spiro atoms. The van der Waals surface area contributed by atoms with E-state index in [0.717, 1.165) is 23.8 Å². The Hall–Kier alpha value is -1.65. The molecule has 1 aromatic heterocycles. The lowest BCUT2D eigenvalue weighted by atomic mass is 9.98. The molecule has 2 atom stereocenters. The molecule has 0 aliphatic heterocycles. The molecular formula is C13H19N3O2. The fourth-order valence-electron chi connectivity index (χ4n) is 2.60. The third-order valence-electron chi connectivity index (χ3n) is 3.85. The lowest BCUT2D eigenvalue weighted by Crippen LogP contribution is -2.17. The fourth-order valence-corrected chi connectivity index (χ4v) is 2.60. The number of pyridine rings is 1. The molecular weight excluding hydrogens is 230 g/mol. The van der Waals surface area contributed by atoms with E-state index in [1.54, 1.807) is 6.07 Å². The molecule has 1 aliphatic carbocycles. The summed E-state index contributed by atoms with van der Waals surface area (Å²) in [6, 6.07) is 1.56. The van der Waals surface area contributed by atoms with Gasteiger partial charge < -0.3 is 5.32 Å². The normalized spacial score (nSPS) is 23.0. The number of anilines is 1. The lowest BCUT2D eigenvalue weighted by molar-refractivity contribution is -0.385. The molecule has 1 aliphatic rings. The van der Waals surface area contributed by atoms with Crippen molar-refractivity contribution in [2.45, 2.75) is 33.1 Å². The van der Waals surface area contributed by atoms with Crippen molar-refractivity contribution in [3.05, 3.63) is 27.9 Å². The molecule has 1 aromatic rings. The minimum absolute atomic E-state index is 0.0484. The van der Waals surface area contributed by atoms with Crippen LogP contribution in [-0.2, 0) is 0 Å². The maximum atomic E-state index is 10.6. The minimum atomic E-state index is -0.414. The summed E-state index contributed by atoms with van der Waals surface area (Å²) in [6.45, 7) is 5.04. The summed E-state index contributed by atoms with van der Waals surface area (Å²) >= 11 is 0. The fraction of sp³-hybridized carbons (Fsp3) is 0.615. The van der Waals surface area contributed by atoms with E-state index in [0.29, 0.717) is 5.92 Å². The van der Waals surface area contributed by atoms with Gasteiger partial charge in [0.2, 0.25) is 0 Å². The Morgan fingerprint density at radius 3 is 2.89 bits per heavy atom. The lowest BCUT2D eigenvalue weighted by Gasteiger charge is -2.17. The van der Waals surface area contributed by atoms with Crippen LogP contribution < -0.4 is 5.32 Å². The van der Waals surface area contributed by atoms with Crippen LogP contribution in [-0.4, -0.2) is 16.5 Å². The van der Waals surface area contributed by atoms with Crippen molar-refractivity contribution < 1.29 is 4.92 Å². The highest BCUT2D eigenvalue weighted by Gasteiger charge is 2.23. The summed E-state index contributed by atoms with van der Waals surface area (Å²) < 4.78 is 0. The summed E-state index contributed by atoms with van der Waals surface area (Å²) in [5, 5.41) is 13.9. The molecule has 0 bridgehead atoms. The van der Waals surface area contributed by atoms with E-state index < -0.39 is 4.92 Å². The van der Waals surface area contributed by atoms with E-state index >= 15 is 0 Å². The predicted octanol–water partition coefficient (Wildman–Crippen LogP) is 3.15. The van der Waals surface area contributed by atoms with Crippen LogP contribution in [0.4, 0.5) is 11.5 Å². The molecule has 98 valence electrons. The van der Waals surface area contributed by atoms with E-state index in [1.807, 2.05) is 6.92 Å². The maximum Gasteiger partial charge on any atom is 0.287 e. The van der Waals surface area contributed by atoms with Gasteiger partial charge in [0.05, 0.1) is 4.92 Å². The Bertz CT molecular complexity index is 448. The summed E-state index contributed by atoms with van der Waals surface area (Å²) in [4.78, 5) is 14.3. The first kappa shape index (κ1) is 12.8. The Morgan fingerprint density at radius 1 is 1.56 bits per heavy atom. The summed E-state index contributed by atoms with van der Waals surface area (Å²) in [5.74, 6) is 2.22. The van der Waals surface area contributed by atoms with Gasteiger partial charge in [-0.05, 0) is 30.7 Å². The first-order valence-electron chi connectivity index (χ1n) is 6.43. The second kappa shape index (κ2) is 5.33. The van der Waals surface area contributed by atoms with E-state index in [1.165, 1.54) is 25.5 Å². The highest BCUT2D eigenvalue weighted by molar-refractivity contribution is 5.48. The van der Waals surface area contributed by atoms with E-state index in [2.05, 4.69) is 17.2 Å². The van der Waals surface area contributed by atoms with Crippen LogP contribution in [0.2, 0.25) is 0 Å². The van der Waals surface area contributed by atoms with Gasteiger partial charge in [-0.3, -0.25) is 10.1 Å². The van der Waals surface area contributed by atoms with Crippen molar-refractivity contribution in [2.24, 2.45) is 11.8 Å². The molecule has 2 unspecified atom stereocenters. The first-order valence-corrected chi connectivity index (χ1v) is 6.43. The molecule has 0 amide bonds. The standard InChI is InChI=1S/C13H19N3O2/c1-9-4-3-5-11(9)7-14-13-10(2)6-12(8-15-13)16(17)18/h6,8-9,11H,3-5,7H2,1-2H3,(H,14,15). The Kier molecular flexibility index (Phi) is 3.79. The number of nitro groups is 1. The van der Waals surface area contributed by atoms with Crippen LogP contribution in [0, 0.1) is 28.9 Å². The highest BCUT2D eigenvalue weighted by Crippen LogP contribution is 2.31. The number of aromatic nitrogens is 1. The molecule has 0 aromatic carbocycles. The van der Waals surface area contributed by atoms with E-state index in [-0.39, 0.29) is 5.69 Å². The Balaban J connectivity index is 1.99. The molecule has 5 heteroatoms. The number of rotatable bonds is 4. The first-order chi connectivity index (χ1) is 8.58. The molecule has 0 saturated heterocycles. The second-order valence-corrected chi connectivity index (χ2v) is 5.17. The predicted molar refractivity (Wildman–Crippen MR) is 70.6 cm³/mol. The summed E-state index contributed by atoms with van der Waals surface area (Å²) in [7, 11) is 0. The van der Waals surface area contributed by atoms with Crippen molar-refractivity contribution in [1.29, 1.82) is 0 Å². The molecule has 1 fully saturated rings. The number of hydrogen-bond donors (Lipinski definition) is 1. The average molecular weight is 249 g/mol. The molecule has 1 N–H and O–H groups in total. The zero-order valence-corrected chi connectivity index (χ0v) is 10.8. The quantitative estimate of drug-likeness (QED) is 0.657. The number of aryl methyl sites for hydroxylation is 1. The number of hydrogen-bond acceptors (Lipinski definition) is 4. The molecule has 1 saturated carbocycles. The van der Waals surface area contributed by atoms with Crippen molar-refractivity contribution >= 4 is 11.5 Å². The third kappa shape index (κ3) is 2.78. The highest BCUT2D eigenvalue weighted by atomic mass is 16.6. The van der Waals surface area contributed by atoms with E-state index in [4.69, 9.17) is 0 Å². The van der Waals surface area contributed by atoms with Gasteiger partial charge in [-0.2, -0.15) is 0 Å². The van der Waals surface area contributed by atoms with Crippen LogP contribution in [0.15, 0.2) is 12.3 Å². The van der Waals surface area contributed by atoms with Crippen LogP contribution in [0.5, 0.6) is 0 Å². The smallest absolute Gasteiger partial charge is 0.287 e. The monoisotopic (exact) mass is 249 g/mol. The zero-order valence-electron chi connectivity index (χ0n) is 10.8. The summed E-state index contributed by atoms with van der Waals surface area (Å²) in [5.41, 5.74) is 0.877. The number of nitrogens with zero attached hydrogens (tertiary/aromatic N) is 2. The van der Waals surface area contributed by atoms with Crippen molar-refractivity contribution in [1.82, 2.24) is 4.98 Å². The van der Waals surface area contributed by atoms with Crippen LogP contribution in [0.1, 0.15) is 31.7 Å². The second-order valence-electron chi connectivity index (χ2n) is 5.17. The topological polar surface area (TPSA) is 68.1 Å². The van der Waals surface area contributed by atoms with Crippen LogP contribution in [0.3, 0.4) is 0 Å². The van der Waals surface area contributed by atoms with E-state index in [9.17, 15) is 10.1 Å². The summed E-state index contributed by atoms with van der Waals surface area (Å²) in [6.07, 6.45) is 5.19. The zero-order chi connectivity index (χ0) is 13.1. The average Bonchev–Trinajstić information content (AvgIpc) is 2.73. The SMILES string of the molecule is Cc1cc([N+](=O)[O-])cnc1NCC1CCCC1C. The van der Waals surface area contributed by atoms with Crippen LogP contribution >= 0.6 is 0 Å². The van der Waals surface area contributed by atoms with Gasteiger partial charge in [0.1, 0.15) is 12.0 Å². The van der Waals surface area contributed by atoms with Gasteiger partial charge >= 0.3 is 0 Å². The van der Waals surface area contributed by atoms with Crippen LogP contribution in [0.25, 0.3) is 0 Å². The number of nitrogens with one attached hydrogen (secondary N) is 1. The largest absolute Gasteiger partial charge is 0.370 e. The van der Waals surface area contributed by atoms with Crippen molar-refractivity contribution in [3.63, 3.8) is 0 Å². The molecule has 5 nitrogen and oxygen atoms in total. The Labute approximate surface area is 107 Å². The van der Waals surface area contributed by atoms with Crippen molar-refractivity contribution in [3.8, 4) is 0 Å². The van der Waals surface area contributed by atoms with Gasteiger partial charge in [-0.25, -0.2) is 4.98 Å². The molecule has 0 radical (unpaired) electrons. The van der Waals surface area contributed by atoms with Crippen molar-refractivity contribution in [2.75, 3.05) is 11.9 Å².